The van der Waals surface area contributed by atoms with Gasteiger partial charge in [0.2, 0.25) is 5.91 Å². The van der Waals surface area contributed by atoms with Crippen LogP contribution < -0.4 is 16.0 Å². The minimum absolute atomic E-state index is 0.0228. The number of aliphatic imine (C=N–C) groups is 1. The summed E-state index contributed by atoms with van der Waals surface area (Å²) < 4.78 is 13.3. The first-order valence-electron chi connectivity index (χ1n) is 9.10. The number of carbonyl (C=O) groups excluding carboxylic acids is 1. The van der Waals surface area contributed by atoms with E-state index in [-0.39, 0.29) is 11.7 Å². The highest BCUT2D eigenvalue weighted by Crippen LogP contribution is 2.11. The number of guanidine groups is 1. The molecule has 2 aromatic rings. The highest BCUT2D eigenvalue weighted by atomic mass is 19.1. The number of benzene rings is 2. The van der Waals surface area contributed by atoms with Crippen LogP contribution in [0.5, 0.6) is 0 Å². The third-order valence-corrected chi connectivity index (χ3v) is 4.05. The minimum atomic E-state index is -0.202. The molecule has 0 spiro atoms. The predicted octanol–water partition coefficient (Wildman–Crippen LogP) is 3.74. The van der Waals surface area contributed by atoms with E-state index in [2.05, 4.69) is 20.9 Å². The molecule has 1 amide bonds. The molecule has 2 rings (SSSR count). The van der Waals surface area contributed by atoms with Crippen molar-refractivity contribution >= 4 is 17.6 Å². The predicted molar refractivity (Wildman–Crippen MR) is 108 cm³/mol. The van der Waals surface area contributed by atoms with Crippen LogP contribution in [0.4, 0.5) is 10.1 Å². The van der Waals surface area contributed by atoms with E-state index in [9.17, 15) is 9.18 Å². The van der Waals surface area contributed by atoms with Gasteiger partial charge in [-0.2, -0.15) is 0 Å². The van der Waals surface area contributed by atoms with Gasteiger partial charge in [0.15, 0.2) is 5.96 Å². The average Bonchev–Trinajstić information content (AvgIpc) is 2.65. The van der Waals surface area contributed by atoms with E-state index in [0.717, 1.165) is 23.2 Å². The summed E-state index contributed by atoms with van der Waals surface area (Å²) in [5, 5.41) is 9.35. The summed E-state index contributed by atoms with van der Waals surface area (Å²) in [7, 11) is 1.70. The first-order valence-corrected chi connectivity index (χ1v) is 9.10. The van der Waals surface area contributed by atoms with Gasteiger partial charge in [0.25, 0.3) is 0 Å². The van der Waals surface area contributed by atoms with Gasteiger partial charge in [-0.1, -0.05) is 31.2 Å². The molecule has 0 unspecified atom stereocenters. The number of hydrogen-bond donors (Lipinski definition) is 3. The zero-order chi connectivity index (χ0) is 19.6. The van der Waals surface area contributed by atoms with Gasteiger partial charge in [0, 0.05) is 32.2 Å². The zero-order valence-electron chi connectivity index (χ0n) is 16.1. The molecule has 0 saturated heterocycles. The van der Waals surface area contributed by atoms with Crippen molar-refractivity contribution in [3.05, 3.63) is 65.0 Å². The molecule has 27 heavy (non-hydrogen) atoms. The van der Waals surface area contributed by atoms with Crippen LogP contribution in [0.3, 0.4) is 0 Å². The molecule has 0 aliphatic rings. The molecule has 0 heterocycles. The molecule has 6 heteroatoms. The summed E-state index contributed by atoms with van der Waals surface area (Å²) >= 11 is 0. The van der Waals surface area contributed by atoms with E-state index >= 15 is 0 Å². The molecule has 0 bridgehead atoms. The Morgan fingerprint density at radius 1 is 1.07 bits per heavy atom. The summed E-state index contributed by atoms with van der Waals surface area (Å²) in [6, 6.07) is 12.8. The molecule has 0 atom stereocenters. The van der Waals surface area contributed by atoms with Crippen LogP contribution in [0.25, 0.3) is 0 Å². The molecule has 5 nitrogen and oxygen atoms in total. The molecular formula is C21H27FN4O. The maximum atomic E-state index is 13.3. The van der Waals surface area contributed by atoms with Gasteiger partial charge < -0.3 is 16.0 Å². The van der Waals surface area contributed by atoms with Gasteiger partial charge in [-0.3, -0.25) is 9.79 Å². The summed E-state index contributed by atoms with van der Waals surface area (Å²) in [4.78, 5) is 15.9. The van der Waals surface area contributed by atoms with Gasteiger partial charge in [0.05, 0.1) is 0 Å². The lowest BCUT2D eigenvalue weighted by Crippen LogP contribution is -2.36. The average molecular weight is 370 g/mol. The van der Waals surface area contributed by atoms with E-state index in [1.807, 2.05) is 37.3 Å². The molecule has 0 fully saturated rings. The molecular weight excluding hydrogens is 343 g/mol. The Labute approximate surface area is 160 Å². The Balaban J connectivity index is 1.88. The van der Waals surface area contributed by atoms with Crippen molar-refractivity contribution < 1.29 is 9.18 Å². The highest BCUT2D eigenvalue weighted by Gasteiger charge is 2.04. The molecule has 0 aliphatic carbocycles. The first-order chi connectivity index (χ1) is 13.0. The fourth-order valence-electron chi connectivity index (χ4n) is 2.62. The Morgan fingerprint density at radius 3 is 2.41 bits per heavy atom. The summed E-state index contributed by atoms with van der Waals surface area (Å²) in [6.45, 7) is 4.84. The van der Waals surface area contributed by atoms with Crippen molar-refractivity contribution in [2.45, 2.75) is 39.8 Å². The summed E-state index contributed by atoms with van der Waals surface area (Å²) in [5.41, 5.74) is 3.43. The topological polar surface area (TPSA) is 65.5 Å². The lowest BCUT2D eigenvalue weighted by atomic mass is 10.1. The van der Waals surface area contributed by atoms with Crippen LogP contribution >= 0.6 is 0 Å². The first kappa shape index (κ1) is 20.4. The second-order valence-corrected chi connectivity index (χ2v) is 6.36. The van der Waals surface area contributed by atoms with Gasteiger partial charge in [0.1, 0.15) is 5.82 Å². The number of nitrogens with zero attached hydrogens (tertiary/aromatic N) is 1. The fraction of sp³-hybridized carbons (Fsp3) is 0.333. The van der Waals surface area contributed by atoms with Crippen molar-refractivity contribution in [2.24, 2.45) is 4.99 Å². The Kier molecular flexibility index (Phi) is 7.79. The third-order valence-electron chi connectivity index (χ3n) is 4.05. The number of carbonyl (C=O) groups is 1. The van der Waals surface area contributed by atoms with Crippen LogP contribution in [-0.4, -0.2) is 18.9 Å². The van der Waals surface area contributed by atoms with Gasteiger partial charge in [-0.05, 0) is 48.2 Å². The van der Waals surface area contributed by atoms with Crippen LogP contribution in [0.2, 0.25) is 0 Å². The molecule has 0 aromatic heterocycles. The maximum absolute atomic E-state index is 13.3. The second kappa shape index (κ2) is 10.3. The SMILES string of the molecule is CCCC(=O)Nc1cccc(CNC(=NC)NCc2ccc(F)c(C)c2)c1. The van der Waals surface area contributed by atoms with Gasteiger partial charge in [-0.15, -0.1) is 0 Å². The maximum Gasteiger partial charge on any atom is 0.224 e. The molecule has 0 aliphatic heterocycles. The summed E-state index contributed by atoms with van der Waals surface area (Å²) in [5.74, 6) is 0.472. The van der Waals surface area contributed by atoms with E-state index in [1.54, 1.807) is 20.0 Å². The molecule has 144 valence electrons. The number of nitrogens with one attached hydrogen (secondary N) is 3. The molecule has 0 saturated carbocycles. The normalized spacial score (nSPS) is 11.2. The van der Waals surface area contributed by atoms with E-state index in [1.165, 1.54) is 6.07 Å². The van der Waals surface area contributed by atoms with E-state index in [4.69, 9.17) is 0 Å². The minimum Gasteiger partial charge on any atom is -0.352 e. The molecule has 3 N–H and O–H groups in total. The lowest BCUT2D eigenvalue weighted by Gasteiger charge is -2.13. The Hall–Kier alpha value is -2.89. The van der Waals surface area contributed by atoms with Crippen LogP contribution in [-0.2, 0) is 17.9 Å². The number of rotatable bonds is 7. The van der Waals surface area contributed by atoms with E-state index in [0.29, 0.717) is 31.0 Å². The molecule has 2 aromatic carbocycles. The van der Waals surface area contributed by atoms with Crippen LogP contribution in [0, 0.1) is 12.7 Å². The van der Waals surface area contributed by atoms with Crippen molar-refractivity contribution in [3.63, 3.8) is 0 Å². The monoisotopic (exact) mass is 370 g/mol. The van der Waals surface area contributed by atoms with Gasteiger partial charge >= 0.3 is 0 Å². The zero-order valence-corrected chi connectivity index (χ0v) is 16.1. The summed E-state index contributed by atoms with van der Waals surface area (Å²) in [6.07, 6.45) is 1.34. The molecule has 0 radical (unpaired) electrons. The fourth-order valence-corrected chi connectivity index (χ4v) is 2.62. The number of amides is 1. The number of aryl methyl sites for hydroxylation is 1. The standard InChI is InChI=1S/C21H27FN4O/c1-4-6-20(27)26-18-8-5-7-16(12-18)13-24-21(23-3)25-14-17-9-10-19(22)15(2)11-17/h5,7-12H,4,6,13-14H2,1-3H3,(H,26,27)(H2,23,24,25). The number of anilines is 1. The smallest absolute Gasteiger partial charge is 0.224 e. The Morgan fingerprint density at radius 2 is 1.78 bits per heavy atom. The van der Waals surface area contributed by atoms with Crippen molar-refractivity contribution in [1.29, 1.82) is 0 Å². The largest absolute Gasteiger partial charge is 0.352 e. The number of halogens is 1. The van der Waals surface area contributed by atoms with Crippen molar-refractivity contribution in [3.8, 4) is 0 Å². The highest BCUT2D eigenvalue weighted by molar-refractivity contribution is 5.90. The lowest BCUT2D eigenvalue weighted by molar-refractivity contribution is -0.116. The van der Waals surface area contributed by atoms with E-state index < -0.39 is 0 Å². The van der Waals surface area contributed by atoms with Crippen LogP contribution in [0.15, 0.2) is 47.5 Å². The number of hydrogen-bond acceptors (Lipinski definition) is 2. The second-order valence-electron chi connectivity index (χ2n) is 6.36. The van der Waals surface area contributed by atoms with Crippen molar-refractivity contribution in [1.82, 2.24) is 10.6 Å². The van der Waals surface area contributed by atoms with Gasteiger partial charge in [-0.25, -0.2) is 4.39 Å². The Bertz CT molecular complexity index is 805. The third kappa shape index (κ3) is 6.73. The van der Waals surface area contributed by atoms with Crippen molar-refractivity contribution in [2.75, 3.05) is 12.4 Å². The van der Waals surface area contributed by atoms with Crippen LogP contribution in [0.1, 0.15) is 36.5 Å². The quantitative estimate of drug-likeness (QED) is 0.514.